The number of hydrogen-bond acceptors (Lipinski definition) is 7. The molecule has 0 aromatic carbocycles. The van der Waals surface area contributed by atoms with E-state index in [1.165, 1.54) is 0 Å². The Hall–Kier alpha value is -1.88. The minimum atomic E-state index is -4.64. The summed E-state index contributed by atoms with van der Waals surface area (Å²) in [4.78, 5) is 11.9. The maximum atomic E-state index is 12.3. The number of aliphatic hydroxyl groups is 1. The topological polar surface area (TPSA) is 107 Å². The zero-order valence-corrected chi connectivity index (χ0v) is 17.0. The lowest BCUT2D eigenvalue weighted by molar-refractivity contribution is -0.345. The number of ether oxygens (including phenoxy) is 2. The number of carbonyl (C=O) groups excluding carboxylic acids is 1. The first-order valence-electron chi connectivity index (χ1n) is 9.63. The average Bonchev–Trinajstić information content (AvgIpc) is 3.07. The van der Waals surface area contributed by atoms with Crippen LogP contribution in [0.25, 0.3) is 0 Å². The van der Waals surface area contributed by atoms with Gasteiger partial charge in [0.25, 0.3) is 0 Å². The molecular weight excluding hydrogens is 395 g/mol. The van der Waals surface area contributed by atoms with Gasteiger partial charge in [-0.25, -0.2) is 4.79 Å². The first kappa shape index (κ1) is 23.4. The van der Waals surface area contributed by atoms with Crippen LogP contribution in [-0.2, 0) is 9.47 Å². The molecule has 0 bridgehead atoms. The lowest BCUT2D eigenvalue weighted by Gasteiger charge is -2.27. The minimum absolute atomic E-state index is 0.0587. The van der Waals surface area contributed by atoms with Gasteiger partial charge >= 0.3 is 12.5 Å². The molecular formula is C18H28F3N3O5. The summed E-state index contributed by atoms with van der Waals surface area (Å²) in [5, 5.41) is 20.9. The van der Waals surface area contributed by atoms with E-state index in [4.69, 9.17) is 9.15 Å². The second-order valence-electron chi connectivity index (χ2n) is 8.12. The van der Waals surface area contributed by atoms with Crippen LogP contribution in [0.15, 0.2) is 4.42 Å². The van der Waals surface area contributed by atoms with Crippen LogP contribution in [0.5, 0.6) is 0 Å². The van der Waals surface area contributed by atoms with Crippen molar-refractivity contribution in [3.8, 4) is 0 Å². The summed E-state index contributed by atoms with van der Waals surface area (Å²) in [7, 11) is 0. The molecule has 8 nitrogen and oxygen atoms in total. The molecule has 166 valence electrons. The van der Waals surface area contributed by atoms with Crippen LogP contribution < -0.4 is 5.32 Å². The van der Waals surface area contributed by atoms with E-state index < -0.39 is 36.3 Å². The molecule has 2 rings (SSSR count). The highest BCUT2D eigenvalue weighted by atomic mass is 19.4. The van der Waals surface area contributed by atoms with Crippen LogP contribution in [0.3, 0.4) is 0 Å². The Morgan fingerprint density at radius 3 is 2.38 bits per heavy atom. The van der Waals surface area contributed by atoms with Crippen molar-refractivity contribution in [3.05, 3.63) is 11.8 Å². The fraction of sp³-hybridized carbons (Fsp3) is 0.833. The SMILES string of the molecule is CC[C@H](NC(=O)OC(C)(C)C)C(O)c1nnc(C2CCC(OC(F)(F)F)CC2)o1. The molecule has 0 radical (unpaired) electrons. The first-order chi connectivity index (χ1) is 13.4. The van der Waals surface area contributed by atoms with Crippen LogP contribution in [-0.4, -0.2) is 45.5 Å². The minimum Gasteiger partial charge on any atom is -0.444 e. The van der Waals surface area contributed by atoms with Gasteiger partial charge in [-0.05, 0) is 52.9 Å². The lowest BCUT2D eigenvalue weighted by atomic mass is 9.87. The maximum absolute atomic E-state index is 12.3. The molecule has 1 aromatic rings. The number of aliphatic hydroxyl groups excluding tert-OH is 1. The molecule has 1 saturated carbocycles. The van der Waals surface area contributed by atoms with Gasteiger partial charge in [0.1, 0.15) is 5.60 Å². The Kier molecular flexibility index (Phi) is 7.50. The number of aromatic nitrogens is 2. The molecule has 11 heteroatoms. The number of alkyl halides is 3. The summed E-state index contributed by atoms with van der Waals surface area (Å²) in [6.07, 6.45) is -5.78. The second-order valence-corrected chi connectivity index (χ2v) is 8.12. The van der Waals surface area contributed by atoms with Crippen LogP contribution in [0.1, 0.15) is 83.6 Å². The number of carbonyl (C=O) groups is 1. The van der Waals surface area contributed by atoms with Gasteiger partial charge in [-0.2, -0.15) is 0 Å². The van der Waals surface area contributed by atoms with Crippen molar-refractivity contribution < 1.29 is 37.0 Å². The molecule has 1 amide bonds. The Balaban J connectivity index is 1.93. The van der Waals surface area contributed by atoms with Gasteiger partial charge in [-0.1, -0.05) is 6.92 Å². The number of halogens is 3. The van der Waals surface area contributed by atoms with E-state index in [1.54, 1.807) is 27.7 Å². The molecule has 1 aliphatic rings. The highest BCUT2D eigenvalue weighted by Crippen LogP contribution is 2.36. The third-order valence-corrected chi connectivity index (χ3v) is 4.56. The Labute approximate surface area is 167 Å². The summed E-state index contributed by atoms with van der Waals surface area (Å²) in [5.41, 5.74) is -0.681. The van der Waals surface area contributed by atoms with Gasteiger partial charge in [0.05, 0.1) is 12.1 Å². The zero-order valence-electron chi connectivity index (χ0n) is 17.0. The molecule has 1 unspecified atom stereocenters. The Bertz CT molecular complexity index is 666. The molecule has 29 heavy (non-hydrogen) atoms. The van der Waals surface area contributed by atoms with Crippen LogP contribution >= 0.6 is 0 Å². The molecule has 2 atom stereocenters. The van der Waals surface area contributed by atoms with Crippen molar-refractivity contribution in [1.29, 1.82) is 0 Å². The predicted octanol–water partition coefficient (Wildman–Crippen LogP) is 3.97. The average molecular weight is 423 g/mol. The van der Waals surface area contributed by atoms with E-state index >= 15 is 0 Å². The van der Waals surface area contributed by atoms with Gasteiger partial charge in [-0.15, -0.1) is 23.4 Å². The Morgan fingerprint density at radius 1 is 1.24 bits per heavy atom. The standard InChI is InChI=1S/C18H28F3N3O5/c1-5-12(22-16(26)29-17(2,3)4)13(25)15-24-23-14(27-15)10-6-8-11(9-7-10)28-18(19,20)21/h10-13,25H,5-9H2,1-4H3,(H,22,26)/t10?,11?,12-,13?/m0/s1. The van der Waals surface area contributed by atoms with Crippen molar-refractivity contribution in [2.45, 2.75) is 95.9 Å². The van der Waals surface area contributed by atoms with E-state index in [9.17, 15) is 23.1 Å². The van der Waals surface area contributed by atoms with E-state index in [0.717, 1.165) is 0 Å². The molecule has 1 aromatic heterocycles. The first-order valence-corrected chi connectivity index (χ1v) is 9.63. The number of alkyl carbamates (subject to hydrolysis) is 1. The largest absolute Gasteiger partial charge is 0.522 e. The number of rotatable bonds is 6. The number of amides is 1. The van der Waals surface area contributed by atoms with E-state index in [-0.39, 0.29) is 30.5 Å². The van der Waals surface area contributed by atoms with E-state index in [2.05, 4.69) is 20.3 Å². The van der Waals surface area contributed by atoms with E-state index in [1.807, 2.05) is 0 Å². The number of nitrogens with zero attached hydrogens (tertiary/aromatic N) is 2. The van der Waals surface area contributed by atoms with Crippen molar-refractivity contribution in [1.82, 2.24) is 15.5 Å². The Morgan fingerprint density at radius 2 is 1.86 bits per heavy atom. The van der Waals surface area contributed by atoms with Crippen LogP contribution in [0, 0.1) is 0 Å². The van der Waals surface area contributed by atoms with Crippen LogP contribution in [0.4, 0.5) is 18.0 Å². The molecule has 1 aliphatic carbocycles. The molecule has 0 aliphatic heterocycles. The maximum Gasteiger partial charge on any atom is 0.522 e. The van der Waals surface area contributed by atoms with Gasteiger partial charge in [0.15, 0.2) is 6.10 Å². The van der Waals surface area contributed by atoms with Gasteiger partial charge in [-0.3, -0.25) is 4.74 Å². The quantitative estimate of drug-likeness (QED) is 0.713. The van der Waals surface area contributed by atoms with Crippen molar-refractivity contribution in [2.75, 3.05) is 0 Å². The monoisotopic (exact) mass is 423 g/mol. The lowest BCUT2D eigenvalue weighted by Crippen LogP contribution is -2.42. The van der Waals surface area contributed by atoms with Gasteiger partial charge < -0.3 is 19.6 Å². The predicted molar refractivity (Wildman–Crippen MR) is 94.8 cm³/mol. The second kappa shape index (κ2) is 9.29. The van der Waals surface area contributed by atoms with Crippen molar-refractivity contribution >= 4 is 6.09 Å². The highest BCUT2D eigenvalue weighted by Gasteiger charge is 2.37. The zero-order chi connectivity index (χ0) is 21.8. The number of hydrogen-bond donors (Lipinski definition) is 2. The van der Waals surface area contributed by atoms with E-state index in [0.29, 0.717) is 19.3 Å². The third kappa shape index (κ3) is 7.46. The summed E-state index contributed by atoms with van der Waals surface area (Å²) in [6, 6.07) is -0.700. The molecule has 0 spiro atoms. The fourth-order valence-electron chi connectivity index (χ4n) is 3.18. The summed E-state index contributed by atoms with van der Waals surface area (Å²) < 4.78 is 51.7. The molecule has 1 heterocycles. The number of nitrogens with one attached hydrogen (secondary N) is 1. The third-order valence-electron chi connectivity index (χ3n) is 4.56. The van der Waals surface area contributed by atoms with Gasteiger partial charge in [0.2, 0.25) is 11.8 Å². The molecule has 1 fully saturated rings. The summed E-state index contributed by atoms with van der Waals surface area (Å²) in [5.74, 6) is 0.00336. The molecule has 2 N–H and O–H groups in total. The molecule has 0 saturated heterocycles. The van der Waals surface area contributed by atoms with Crippen molar-refractivity contribution in [2.24, 2.45) is 0 Å². The summed E-state index contributed by atoms with van der Waals surface area (Å²) >= 11 is 0. The smallest absolute Gasteiger partial charge is 0.444 e. The van der Waals surface area contributed by atoms with Gasteiger partial charge in [0, 0.05) is 5.92 Å². The van der Waals surface area contributed by atoms with Crippen LogP contribution in [0.2, 0.25) is 0 Å². The highest BCUT2D eigenvalue weighted by molar-refractivity contribution is 5.68. The normalized spacial score (nSPS) is 22.8. The van der Waals surface area contributed by atoms with Crippen molar-refractivity contribution in [3.63, 3.8) is 0 Å². The fourth-order valence-corrected chi connectivity index (χ4v) is 3.18. The summed E-state index contributed by atoms with van der Waals surface area (Å²) in [6.45, 7) is 6.94.